The van der Waals surface area contributed by atoms with E-state index in [0.717, 1.165) is 35.3 Å². The number of hydrogen-bond acceptors (Lipinski definition) is 7. The van der Waals surface area contributed by atoms with Crippen molar-refractivity contribution in [2.24, 2.45) is 5.92 Å². The number of nitrogens with one attached hydrogen (secondary N) is 1. The zero-order chi connectivity index (χ0) is 34.3. The highest BCUT2D eigenvalue weighted by Crippen LogP contribution is 2.42. The van der Waals surface area contributed by atoms with E-state index in [1.54, 1.807) is 0 Å². The lowest BCUT2D eigenvalue weighted by Crippen LogP contribution is -2.44. The van der Waals surface area contributed by atoms with Gasteiger partial charge in [0, 0.05) is 36.8 Å². The van der Waals surface area contributed by atoms with Gasteiger partial charge in [0.1, 0.15) is 5.69 Å². The Hall–Kier alpha value is -5.25. The van der Waals surface area contributed by atoms with Crippen molar-refractivity contribution in [2.75, 3.05) is 11.9 Å². The van der Waals surface area contributed by atoms with E-state index in [0.29, 0.717) is 17.7 Å². The predicted octanol–water partition coefficient (Wildman–Crippen LogP) is 7.87. The van der Waals surface area contributed by atoms with E-state index in [-0.39, 0.29) is 36.3 Å². The number of carbonyl (C=O) groups is 1. The summed E-state index contributed by atoms with van der Waals surface area (Å²) in [7, 11) is 0. The molecule has 1 fully saturated rings. The molecule has 0 spiro atoms. The summed E-state index contributed by atoms with van der Waals surface area (Å²) in [6.45, 7) is 4.42. The van der Waals surface area contributed by atoms with Crippen LogP contribution in [0.4, 0.5) is 5.69 Å². The second-order valence-electron chi connectivity index (χ2n) is 12.8. The average Bonchev–Trinajstić information content (AvgIpc) is 3.16. The number of aliphatic hydroxyl groups excluding tert-OH is 1. The van der Waals surface area contributed by atoms with Crippen molar-refractivity contribution in [3.05, 3.63) is 173 Å². The highest BCUT2D eigenvalue weighted by atomic mass is 16.7. The monoisotopic (exact) mass is 664 g/mol. The Labute approximate surface area is 292 Å². The first-order valence-electron chi connectivity index (χ1n) is 17.0. The minimum absolute atomic E-state index is 0.0139. The molecule has 1 aliphatic heterocycles. The van der Waals surface area contributed by atoms with Crippen molar-refractivity contribution in [3.8, 4) is 0 Å². The van der Waals surface area contributed by atoms with Crippen molar-refractivity contribution in [3.63, 3.8) is 0 Å². The van der Waals surface area contributed by atoms with E-state index >= 15 is 0 Å². The summed E-state index contributed by atoms with van der Waals surface area (Å²) in [5, 5.41) is 12.6. The van der Waals surface area contributed by atoms with Gasteiger partial charge in [0.15, 0.2) is 6.29 Å². The Balaban J connectivity index is 1.13. The van der Waals surface area contributed by atoms with Gasteiger partial charge in [-0.3, -0.25) is 14.7 Å². The Morgan fingerprint density at radius 1 is 0.720 bits per heavy atom. The van der Waals surface area contributed by atoms with Gasteiger partial charge in [-0.2, -0.15) is 0 Å². The highest BCUT2D eigenvalue weighted by Gasteiger charge is 2.39. The third kappa shape index (κ3) is 7.96. The lowest BCUT2D eigenvalue weighted by molar-refractivity contribution is -0.276. The van der Waals surface area contributed by atoms with Crippen LogP contribution in [0.1, 0.15) is 57.6 Å². The van der Waals surface area contributed by atoms with Crippen LogP contribution in [0, 0.1) is 5.92 Å². The fourth-order valence-corrected chi connectivity index (χ4v) is 6.44. The number of aliphatic hydroxyl groups is 1. The molecule has 0 unspecified atom stereocenters. The molecule has 5 aromatic carbocycles. The second-order valence-corrected chi connectivity index (χ2v) is 12.8. The maximum Gasteiger partial charge on any atom is 0.275 e. The van der Waals surface area contributed by atoms with Gasteiger partial charge in [0.05, 0.1) is 36.0 Å². The SMILES string of the molecule is C[C@H]1[C@@H](CN(Cc2ccccc2)Cc2ccccc2)O[C@@H](c2ccc(NC(=O)c3cnc4ccccc4n3)cc2)O[C@H]1c1ccc(CO)cc1. The molecule has 1 aromatic heterocycles. The standard InChI is InChI=1S/C42H40N4O4/c1-29-39(27-46(25-30-10-4-2-5-11-30)26-31-12-6-3-7-13-31)49-42(50-40(29)33-18-16-32(28-47)17-19-33)34-20-22-35(23-21-34)44-41(48)38-24-43-36-14-8-9-15-37(36)45-38/h2-24,29,39-40,42,47H,25-28H2,1H3,(H,44,48)/t29-,39+,40+,42+/m0/s1. The normalized spacial score (nSPS) is 19.0. The number of rotatable bonds is 11. The van der Waals surface area contributed by atoms with Gasteiger partial charge in [-0.05, 0) is 46.5 Å². The van der Waals surface area contributed by atoms with Crippen molar-refractivity contribution < 1.29 is 19.4 Å². The molecule has 0 saturated carbocycles. The molecule has 4 atom stereocenters. The summed E-state index contributed by atoms with van der Waals surface area (Å²) in [6, 6.07) is 44.0. The molecule has 8 heteroatoms. The zero-order valence-electron chi connectivity index (χ0n) is 27.9. The molecule has 7 rings (SSSR count). The number of fused-ring (bicyclic) bond motifs is 1. The Kier molecular flexibility index (Phi) is 10.3. The van der Waals surface area contributed by atoms with Gasteiger partial charge >= 0.3 is 0 Å². The first-order chi connectivity index (χ1) is 24.5. The van der Waals surface area contributed by atoms with E-state index in [1.807, 2.05) is 84.9 Å². The molecule has 0 bridgehead atoms. The fraction of sp³-hybridized carbons (Fsp3) is 0.214. The number of benzene rings is 5. The fourth-order valence-electron chi connectivity index (χ4n) is 6.44. The van der Waals surface area contributed by atoms with Crippen LogP contribution >= 0.6 is 0 Å². The Morgan fingerprint density at radius 3 is 1.96 bits per heavy atom. The van der Waals surface area contributed by atoms with Crippen LogP contribution in [0.3, 0.4) is 0 Å². The lowest BCUT2D eigenvalue weighted by Gasteiger charge is -2.43. The number of ether oxygens (including phenoxy) is 2. The van der Waals surface area contributed by atoms with Gasteiger partial charge < -0.3 is 19.9 Å². The van der Waals surface area contributed by atoms with E-state index in [1.165, 1.54) is 17.3 Å². The van der Waals surface area contributed by atoms with Gasteiger partial charge in [0.25, 0.3) is 5.91 Å². The molecule has 50 heavy (non-hydrogen) atoms. The molecule has 0 aliphatic carbocycles. The van der Waals surface area contributed by atoms with Crippen LogP contribution < -0.4 is 5.32 Å². The molecule has 252 valence electrons. The number of amides is 1. The van der Waals surface area contributed by atoms with Gasteiger partial charge in [-0.1, -0.05) is 116 Å². The summed E-state index contributed by atoms with van der Waals surface area (Å²) >= 11 is 0. The predicted molar refractivity (Wildman–Crippen MR) is 194 cm³/mol. The van der Waals surface area contributed by atoms with Crippen molar-refractivity contribution in [1.29, 1.82) is 0 Å². The minimum atomic E-state index is -0.634. The third-order valence-electron chi connectivity index (χ3n) is 9.18. The van der Waals surface area contributed by atoms with Gasteiger partial charge in [-0.15, -0.1) is 0 Å². The molecule has 0 radical (unpaired) electrons. The van der Waals surface area contributed by atoms with Crippen molar-refractivity contribution in [1.82, 2.24) is 14.9 Å². The summed E-state index contributed by atoms with van der Waals surface area (Å²) in [5.74, 6) is -0.305. The van der Waals surface area contributed by atoms with E-state index in [2.05, 4.69) is 75.6 Å². The van der Waals surface area contributed by atoms with E-state index in [9.17, 15) is 9.90 Å². The summed E-state index contributed by atoms with van der Waals surface area (Å²) in [4.78, 5) is 24.3. The second kappa shape index (κ2) is 15.5. The van der Waals surface area contributed by atoms with Gasteiger partial charge in [-0.25, -0.2) is 4.98 Å². The molecular formula is C42H40N4O4. The van der Waals surface area contributed by atoms with Crippen LogP contribution in [0.15, 0.2) is 140 Å². The lowest BCUT2D eigenvalue weighted by atomic mass is 9.89. The highest BCUT2D eigenvalue weighted by molar-refractivity contribution is 6.03. The minimum Gasteiger partial charge on any atom is -0.392 e. The molecule has 1 aliphatic rings. The van der Waals surface area contributed by atoms with Gasteiger partial charge in [0.2, 0.25) is 0 Å². The zero-order valence-corrected chi connectivity index (χ0v) is 27.9. The Bertz CT molecular complexity index is 1960. The first-order valence-corrected chi connectivity index (χ1v) is 17.0. The topological polar surface area (TPSA) is 96.8 Å². The van der Waals surface area contributed by atoms with Crippen LogP contribution in [0.2, 0.25) is 0 Å². The number of para-hydroxylation sites is 2. The molecule has 1 saturated heterocycles. The first kappa shape index (κ1) is 33.3. The third-order valence-corrected chi connectivity index (χ3v) is 9.18. The molecule has 6 aromatic rings. The quantitative estimate of drug-likeness (QED) is 0.146. The largest absolute Gasteiger partial charge is 0.392 e. The smallest absolute Gasteiger partial charge is 0.275 e. The van der Waals surface area contributed by atoms with Crippen molar-refractivity contribution in [2.45, 2.75) is 45.1 Å². The molecule has 1 amide bonds. The number of hydrogen-bond donors (Lipinski definition) is 2. The maximum absolute atomic E-state index is 13.1. The average molecular weight is 665 g/mol. The number of aromatic nitrogens is 2. The summed E-state index contributed by atoms with van der Waals surface area (Å²) in [6.07, 6.45) is 0.454. The van der Waals surface area contributed by atoms with E-state index in [4.69, 9.17) is 9.47 Å². The molecule has 2 heterocycles. The molecule has 8 nitrogen and oxygen atoms in total. The van der Waals surface area contributed by atoms with Crippen molar-refractivity contribution >= 4 is 22.6 Å². The number of anilines is 1. The van der Waals surface area contributed by atoms with Crippen LogP contribution in [-0.2, 0) is 29.2 Å². The molecule has 2 N–H and O–H groups in total. The summed E-state index contributed by atoms with van der Waals surface area (Å²) < 4.78 is 13.5. The summed E-state index contributed by atoms with van der Waals surface area (Å²) in [5.41, 5.74) is 7.48. The van der Waals surface area contributed by atoms with Crippen LogP contribution in [0.5, 0.6) is 0 Å². The van der Waals surface area contributed by atoms with Crippen LogP contribution in [-0.4, -0.2) is 38.5 Å². The molecular weight excluding hydrogens is 624 g/mol. The van der Waals surface area contributed by atoms with E-state index < -0.39 is 6.29 Å². The van der Waals surface area contributed by atoms with Crippen LogP contribution in [0.25, 0.3) is 11.0 Å². The maximum atomic E-state index is 13.1. The number of carbonyl (C=O) groups excluding carboxylic acids is 1. The Morgan fingerprint density at radius 2 is 1.32 bits per heavy atom. The number of nitrogens with zero attached hydrogens (tertiary/aromatic N) is 3.